The maximum absolute atomic E-state index is 8.59. The lowest BCUT2D eigenvalue weighted by Crippen LogP contribution is -2.35. The van der Waals surface area contributed by atoms with E-state index in [1.54, 1.807) is 0 Å². The number of aliphatic hydroxyl groups is 3. The molecule has 0 amide bonds. The van der Waals surface area contributed by atoms with E-state index < -0.39 is 18.8 Å². The van der Waals surface area contributed by atoms with Crippen LogP contribution < -0.4 is 5.73 Å². The number of hydrogen-bond donors (Lipinski definition) is 4. The van der Waals surface area contributed by atoms with Gasteiger partial charge in [-0.2, -0.15) is 0 Å². The van der Waals surface area contributed by atoms with Gasteiger partial charge in [0.25, 0.3) is 0 Å². The monoisotopic (exact) mass is 121 g/mol. The third-order valence-corrected chi connectivity index (χ3v) is 0.873. The van der Waals surface area contributed by atoms with Crippen LogP contribution in [0.5, 0.6) is 0 Å². The normalized spacial score (nSPS) is 18.0. The van der Waals surface area contributed by atoms with Crippen molar-refractivity contribution in [3.8, 4) is 0 Å². The van der Waals surface area contributed by atoms with Crippen LogP contribution in [0, 0.1) is 0 Å². The summed E-state index contributed by atoms with van der Waals surface area (Å²) in [4.78, 5) is 0. The largest absolute Gasteiger partial charge is 0.394 e. The summed E-state index contributed by atoms with van der Waals surface area (Å²) in [5.74, 6) is 0. The van der Waals surface area contributed by atoms with Crippen LogP contribution in [0.2, 0.25) is 0 Å². The second-order valence-electron chi connectivity index (χ2n) is 1.55. The van der Waals surface area contributed by atoms with Gasteiger partial charge >= 0.3 is 0 Å². The zero-order valence-corrected chi connectivity index (χ0v) is 4.49. The Morgan fingerprint density at radius 3 is 1.88 bits per heavy atom. The van der Waals surface area contributed by atoms with Crippen LogP contribution in [-0.4, -0.2) is 40.7 Å². The number of aliphatic hydroxyl groups excluding tert-OH is 3. The van der Waals surface area contributed by atoms with Crippen molar-refractivity contribution in [2.24, 2.45) is 5.73 Å². The molecule has 0 radical (unpaired) electrons. The molecule has 0 saturated heterocycles. The molecule has 2 atom stereocenters. The van der Waals surface area contributed by atoms with Crippen LogP contribution in [0.4, 0.5) is 0 Å². The van der Waals surface area contributed by atoms with Crippen LogP contribution in [0.25, 0.3) is 0 Å². The molecular weight excluding hydrogens is 110 g/mol. The van der Waals surface area contributed by atoms with Crippen LogP contribution in [0.1, 0.15) is 0 Å². The summed E-state index contributed by atoms with van der Waals surface area (Å²) in [6.45, 7) is -0.472. The third-order valence-electron chi connectivity index (χ3n) is 0.873. The second-order valence-corrected chi connectivity index (χ2v) is 1.55. The van der Waals surface area contributed by atoms with E-state index >= 15 is 0 Å². The molecule has 0 aromatic rings. The van der Waals surface area contributed by atoms with E-state index in [9.17, 15) is 0 Å². The van der Waals surface area contributed by atoms with Crippen molar-refractivity contribution in [2.75, 3.05) is 13.2 Å². The van der Waals surface area contributed by atoms with E-state index in [1.807, 2.05) is 0 Å². The third kappa shape index (κ3) is 2.23. The van der Waals surface area contributed by atoms with E-state index in [1.165, 1.54) is 0 Å². The highest BCUT2D eigenvalue weighted by molar-refractivity contribution is 4.64. The molecule has 0 aliphatic carbocycles. The first-order chi connectivity index (χ1) is 3.72. The second kappa shape index (κ2) is 3.80. The maximum Gasteiger partial charge on any atom is 0.104 e. The van der Waals surface area contributed by atoms with E-state index in [0.29, 0.717) is 0 Å². The molecule has 0 saturated carbocycles. The number of nitrogens with two attached hydrogens (primary N) is 1. The van der Waals surface area contributed by atoms with Gasteiger partial charge in [-0.05, 0) is 0 Å². The van der Waals surface area contributed by atoms with Gasteiger partial charge in [-0.25, -0.2) is 0 Å². The molecule has 0 aromatic carbocycles. The molecule has 5 N–H and O–H groups in total. The van der Waals surface area contributed by atoms with Gasteiger partial charge in [-0.15, -0.1) is 0 Å². The van der Waals surface area contributed by atoms with Crippen molar-refractivity contribution in [3.05, 3.63) is 0 Å². The van der Waals surface area contributed by atoms with E-state index in [4.69, 9.17) is 21.1 Å². The van der Waals surface area contributed by atoms with Crippen molar-refractivity contribution in [2.45, 2.75) is 12.2 Å². The Morgan fingerprint density at radius 2 is 1.75 bits per heavy atom. The van der Waals surface area contributed by atoms with Crippen molar-refractivity contribution in [1.29, 1.82) is 0 Å². The topological polar surface area (TPSA) is 86.7 Å². The van der Waals surface area contributed by atoms with Gasteiger partial charge in [0.15, 0.2) is 0 Å². The van der Waals surface area contributed by atoms with Crippen LogP contribution in [0.15, 0.2) is 0 Å². The fourth-order valence-electron chi connectivity index (χ4n) is 0.279. The Hall–Kier alpha value is -0.160. The minimum absolute atomic E-state index is 0.0261. The van der Waals surface area contributed by atoms with E-state index in [0.717, 1.165) is 0 Å². The lowest BCUT2D eigenvalue weighted by atomic mass is 10.2. The zero-order valence-electron chi connectivity index (χ0n) is 4.49. The summed E-state index contributed by atoms with van der Waals surface area (Å²) in [5, 5.41) is 25.3. The van der Waals surface area contributed by atoms with Gasteiger partial charge in [0.1, 0.15) is 6.10 Å². The summed E-state index contributed by atoms with van der Waals surface area (Å²) in [7, 11) is 0. The summed E-state index contributed by atoms with van der Waals surface area (Å²) in [5.41, 5.74) is 4.93. The average molecular weight is 121 g/mol. The molecule has 0 rings (SSSR count). The van der Waals surface area contributed by atoms with Crippen molar-refractivity contribution >= 4 is 0 Å². The molecule has 0 spiro atoms. The van der Waals surface area contributed by atoms with Gasteiger partial charge in [0, 0.05) is 6.54 Å². The quantitative estimate of drug-likeness (QED) is 0.337. The van der Waals surface area contributed by atoms with Crippen molar-refractivity contribution in [1.82, 2.24) is 0 Å². The van der Waals surface area contributed by atoms with Gasteiger partial charge in [-0.1, -0.05) is 0 Å². The van der Waals surface area contributed by atoms with Crippen molar-refractivity contribution < 1.29 is 15.3 Å². The fraction of sp³-hybridized carbons (Fsp3) is 1.00. The molecule has 0 heterocycles. The molecule has 4 nitrogen and oxygen atoms in total. The van der Waals surface area contributed by atoms with Gasteiger partial charge in [0.05, 0.1) is 12.7 Å². The number of hydrogen-bond acceptors (Lipinski definition) is 4. The minimum atomic E-state index is -1.10. The van der Waals surface area contributed by atoms with Crippen LogP contribution in [0.3, 0.4) is 0 Å². The molecule has 0 aromatic heterocycles. The summed E-state index contributed by atoms with van der Waals surface area (Å²) in [6.07, 6.45) is -2.10. The summed E-state index contributed by atoms with van der Waals surface area (Å²) in [6, 6.07) is 0. The Morgan fingerprint density at radius 1 is 1.25 bits per heavy atom. The highest BCUT2D eigenvalue weighted by Crippen LogP contribution is 1.87. The average Bonchev–Trinajstić information content (AvgIpc) is 1.84. The molecular formula is C4H11NO3. The number of rotatable bonds is 3. The van der Waals surface area contributed by atoms with Crippen LogP contribution >= 0.6 is 0 Å². The Balaban J connectivity index is 3.29. The Kier molecular flexibility index (Phi) is 3.72. The first-order valence-corrected chi connectivity index (χ1v) is 2.39. The van der Waals surface area contributed by atoms with Gasteiger partial charge in [-0.3, -0.25) is 0 Å². The molecule has 50 valence electrons. The van der Waals surface area contributed by atoms with Crippen LogP contribution in [-0.2, 0) is 0 Å². The van der Waals surface area contributed by atoms with E-state index in [2.05, 4.69) is 0 Å². The standard InChI is InChI=1S/C4H11NO3/c5-1-3(7)4(8)2-6/h3-4,6-8H,1-2,5H2/t3-,4-/m0/s1. The van der Waals surface area contributed by atoms with Gasteiger partial charge in [0.2, 0.25) is 0 Å². The lowest BCUT2D eigenvalue weighted by Gasteiger charge is -2.11. The van der Waals surface area contributed by atoms with Crippen molar-refractivity contribution in [3.63, 3.8) is 0 Å². The van der Waals surface area contributed by atoms with Gasteiger partial charge < -0.3 is 21.1 Å². The lowest BCUT2D eigenvalue weighted by molar-refractivity contribution is -0.00894. The minimum Gasteiger partial charge on any atom is -0.394 e. The maximum atomic E-state index is 8.59. The fourth-order valence-corrected chi connectivity index (χ4v) is 0.279. The highest BCUT2D eigenvalue weighted by Gasteiger charge is 2.11. The SMILES string of the molecule is NC[C@H](O)[C@@H](O)CO. The Labute approximate surface area is 47.6 Å². The molecule has 0 unspecified atom stereocenters. The zero-order chi connectivity index (χ0) is 6.57. The summed E-state index contributed by atoms with van der Waals surface area (Å²) < 4.78 is 0. The molecule has 4 heteroatoms. The first-order valence-electron chi connectivity index (χ1n) is 2.39. The molecule has 0 fully saturated rings. The summed E-state index contributed by atoms with van der Waals surface area (Å²) >= 11 is 0. The molecule has 0 bridgehead atoms. The predicted octanol–water partition coefficient (Wildman–Crippen LogP) is -2.34. The first kappa shape index (κ1) is 7.84. The molecule has 8 heavy (non-hydrogen) atoms. The predicted molar refractivity (Wildman–Crippen MR) is 28.2 cm³/mol. The van der Waals surface area contributed by atoms with E-state index in [-0.39, 0.29) is 6.54 Å². The Bertz CT molecular complexity index is 51.2. The smallest absolute Gasteiger partial charge is 0.104 e. The highest BCUT2D eigenvalue weighted by atomic mass is 16.4. The molecule has 0 aliphatic rings. The molecule has 0 aliphatic heterocycles.